The zero-order valence-electron chi connectivity index (χ0n) is 9.80. The van der Waals surface area contributed by atoms with Crippen LogP contribution in [0.3, 0.4) is 0 Å². The molecule has 0 amide bonds. The van der Waals surface area contributed by atoms with Gasteiger partial charge in [-0.1, -0.05) is 0 Å². The van der Waals surface area contributed by atoms with Gasteiger partial charge in [0, 0.05) is 9.75 Å². The van der Waals surface area contributed by atoms with Crippen LogP contribution in [-0.4, -0.2) is 5.11 Å². The molecule has 18 heavy (non-hydrogen) atoms. The number of aliphatic hydroxyl groups excluding tert-OH is 1. The summed E-state index contributed by atoms with van der Waals surface area (Å²) in [7, 11) is 0. The maximum absolute atomic E-state index is 13.9. The van der Waals surface area contributed by atoms with Gasteiger partial charge in [0.05, 0.1) is 10.0 Å². The van der Waals surface area contributed by atoms with Crippen LogP contribution in [0, 0.1) is 25.5 Å². The zero-order chi connectivity index (χ0) is 13.4. The highest BCUT2D eigenvalue weighted by atomic mass is 79.9. The van der Waals surface area contributed by atoms with E-state index in [1.165, 1.54) is 17.4 Å². The van der Waals surface area contributed by atoms with Gasteiger partial charge in [-0.25, -0.2) is 8.78 Å². The lowest BCUT2D eigenvalue weighted by Crippen LogP contribution is -2.04. The Bertz CT molecular complexity index is 575. The summed E-state index contributed by atoms with van der Waals surface area (Å²) >= 11 is 4.33. The number of benzene rings is 1. The molecule has 0 radical (unpaired) electrons. The second-order valence-electron chi connectivity index (χ2n) is 4.05. The number of thiophene rings is 1. The van der Waals surface area contributed by atoms with Crippen LogP contribution >= 0.6 is 27.3 Å². The number of rotatable bonds is 2. The average Bonchev–Trinajstić information content (AvgIpc) is 2.65. The van der Waals surface area contributed by atoms with E-state index >= 15 is 0 Å². The summed E-state index contributed by atoms with van der Waals surface area (Å²) in [5, 5.41) is 10.1. The quantitative estimate of drug-likeness (QED) is 0.803. The lowest BCUT2D eigenvalue weighted by molar-refractivity contribution is 0.212. The normalized spacial score (nSPS) is 12.8. The van der Waals surface area contributed by atoms with Gasteiger partial charge < -0.3 is 5.11 Å². The zero-order valence-corrected chi connectivity index (χ0v) is 12.2. The second-order valence-corrected chi connectivity index (χ2v) is 6.19. The Morgan fingerprint density at radius 2 is 1.94 bits per heavy atom. The topological polar surface area (TPSA) is 20.2 Å². The number of aryl methyl sites for hydroxylation is 2. The van der Waals surface area contributed by atoms with Crippen LogP contribution in [0.5, 0.6) is 0 Å². The standard InChI is InChI=1S/C13H11BrF2OS/c1-6-5-10(18-7(6)2)13(17)11-9(15)4-3-8(14)12(11)16/h3-5,13,17H,1-2H3. The highest BCUT2D eigenvalue weighted by molar-refractivity contribution is 9.10. The predicted molar refractivity (Wildman–Crippen MR) is 71.9 cm³/mol. The molecule has 1 unspecified atom stereocenters. The highest BCUT2D eigenvalue weighted by Gasteiger charge is 2.23. The van der Waals surface area contributed by atoms with Crippen molar-refractivity contribution in [2.45, 2.75) is 20.0 Å². The molecule has 0 aliphatic carbocycles. The molecule has 1 aromatic heterocycles. The Kier molecular flexibility index (Phi) is 3.84. The molecular weight excluding hydrogens is 322 g/mol. The summed E-state index contributed by atoms with van der Waals surface area (Å²) < 4.78 is 27.7. The molecule has 1 aromatic carbocycles. The number of halogens is 3. The molecule has 2 aromatic rings. The molecule has 0 fully saturated rings. The second kappa shape index (κ2) is 5.07. The molecule has 5 heteroatoms. The minimum atomic E-state index is -1.28. The number of hydrogen-bond donors (Lipinski definition) is 1. The molecule has 0 bridgehead atoms. The minimum absolute atomic E-state index is 0.142. The summed E-state index contributed by atoms with van der Waals surface area (Å²) in [6.45, 7) is 3.81. The predicted octanol–water partition coefficient (Wildman–Crippen LogP) is 4.49. The van der Waals surface area contributed by atoms with E-state index in [1.54, 1.807) is 6.07 Å². The highest BCUT2D eigenvalue weighted by Crippen LogP contribution is 2.34. The van der Waals surface area contributed by atoms with E-state index in [0.29, 0.717) is 4.88 Å². The molecule has 96 valence electrons. The fourth-order valence-electron chi connectivity index (χ4n) is 1.67. The summed E-state index contributed by atoms with van der Waals surface area (Å²) in [5.41, 5.74) is 0.690. The summed E-state index contributed by atoms with van der Waals surface area (Å²) in [5.74, 6) is -1.50. The Balaban J connectivity index is 2.52. The van der Waals surface area contributed by atoms with Gasteiger partial charge in [-0.05, 0) is 53.5 Å². The van der Waals surface area contributed by atoms with Crippen molar-refractivity contribution < 1.29 is 13.9 Å². The molecule has 1 atom stereocenters. The van der Waals surface area contributed by atoms with Crippen LogP contribution in [0.15, 0.2) is 22.7 Å². The lowest BCUT2D eigenvalue weighted by atomic mass is 10.1. The molecule has 0 aliphatic rings. The van der Waals surface area contributed by atoms with E-state index < -0.39 is 17.7 Å². The van der Waals surface area contributed by atoms with Crippen LogP contribution in [0.2, 0.25) is 0 Å². The van der Waals surface area contributed by atoms with E-state index in [2.05, 4.69) is 15.9 Å². The first-order valence-electron chi connectivity index (χ1n) is 5.30. The minimum Gasteiger partial charge on any atom is -0.383 e. The largest absolute Gasteiger partial charge is 0.383 e. The fourth-order valence-corrected chi connectivity index (χ4v) is 3.06. The van der Waals surface area contributed by atoms with Crippen LogP contribution in [0.25, 0.3) is 0 Å². The maximum atomic E-state index is 13.9. The summed E-state index contributed by atoms with van der Waals surface area (Å²) in [6.07, 6.45) is -1.28. The molecule has 1 N–H and O–H groups in total. The van der Waals surface area contributed by atoms with Crippen molar-refractivity contribution in [2.75, 3.05) is 0 Å². The third kappa shape index (κ3) is 2.35. The summed E-state index contributed by atoms with van der Waals surface area (Å²) in [6, 6.07) is 4.18. The molecule has 0 aliphatic heterocycles. The van der Waals surface area contributed by atoms with Gasteiger partial charge in [0.1, 0.15) is 17.7 Å². The van der Waals surface area contributed by atoms with Crippen molar-refractivity contribution in [3.63, 3.8) is 0 Å². The fraction of sp³-hybridized carbons (Fsp3) is 0.231. The Morgan fingerprint density at radius 1 is 1.28 bits per heavy atom. The van der Waals surface area contributed by atoms with Crippen molar-refractivity contribution in [3.8, 4) is 0 Å². The maximum Gasteiger partial charge on any atom is 0.146 e. The van der Waals surface area contributed by atoms with Crippen LogP contribution in [0.1, 0.15) is 27.0 Å². The van der Waals surface area contributed by atoms with Gasteiger partial charge in [-0.15, -0.1) is 11.3 Å². The Hall–Kier alpha value is -0.780. The van der Waals surface area contributed by atoms with Crippen molar-refractivity contribution in [3.05, 3.63) is 55.2 Å². The van der Waals surface area contributed by atoms with Gasteiger partial charge in [0.15, 0.2) is 0 Å². The molecular formula is C13H11BrF2OS. The summed E-state index contributed by atoms with van der Waals surface area (Å²) in [4.78, 5) is 1.57. The van der Waals surface area contributed by atoms with Crippen LogP contribution < -0.4 is 0 Å². The van der Waals surface area contributed by atoms with E-state index in [0.717, 1.165) is 16.5 Å². The number of hydrogen-bond acceptors (Lipinski definition) is 2. The van der Waals surface area contributed by atoms with Gasteiger partial charge >= 0.3 is 0 Å². The first-order valence-corrected chi connectivity index (χ1v) is 6.91. The molecule has 0 saturated heterocycles. The molecule has 0 spiro atoms. The van der Waals surface area contributed by atoms with Crippen molar-refractivity contribution in [2.24, 2.45) is 0 Å². The van der Waals surface area contributed by atoms with E-state index in [9.17, 15) is 13.9 Å². The monoisotopic (exact) mass is 332 g/mol. The smallest absolute Gasteiger partial charge is 0.146 e. The first-order chi connectivity index (χ1) is 8.41. The van der Waals surface area contributed by atoms with E-state index in [4.69, 9.17) is 0 Å². The van der Waals surface area contributed by atoms with Crippen LogP contribution in [-0.2, 0) is 0 Å². The van der Waals surface area contributed by atoms with E-state index in [-0.39, 0.29) is 10.0 Å². The first kappa shape index (κ1) is 13.6. The van der Waals surface area contributed by atoms with Crippen LogP contribution in [0.4, 0.5) is 8.78 Å². The third-order valence-corrected chi connectivity index (χ3v) is 4.62. The molecule has 2 rings (SSSR count). The molecule has 0 saturated carbocycles. The van der Waals surface area contributed by atoms with E-state index in [1.807, 2.05) is 13.8 Å². The van der Waals surface area contributed by atoms with Gasteiger partial charge in [0.2, 0.25) is 0 Å². The lowest BCUT2D eigenvalue weighted by Gasteiger charge is -2.12. The third-order valence-electron chi connectivity index (χ3n) is 2.81. The van der Waals surface area contributed by atoms with Gasteiger partial charge in [-0.3, -0.25) is 0 Å². The van der Waals surface area contributed by atoms with Crippen molar-refractivity contribution in [1.82, 2.24) is 0 Å². The Labute approximate surface area is 116 Å². The molecule has 1 heterocycles. The van der Waals surface area contributed by atoms with Crippen molar-refractivity contribution in [1.29, 1.82) is 0 Å². The number of aliphatic hydroxyl groups is 1. The Morgan fingerprint density at radius 3 is 2.50 bits per heavy atom. The average molecular weight is 333 g/mol. The molecule has 1 nitrogen and oxygen atoms in total. The SMILES string of the molecule is Cc1cc(C(O)c2c(F)ccc(Br)c2F)sc1C. The van der Waals surface area contributed by atoms with Gasteiger partial charge in [0.25, 0.3) is 0 Å². The van der Waals surface area contributed by atoms with Gasteiger partial charge in [-0.2, -0.15) is 0 Å². The van der Waals surface area contributed by atoms with Crippen molar-refractivity contribution >= 4 is 27.3 Å².